The van der Waals surface area contributed by atoms with E-state index in [-0.39, 0.29) is 61.4 Å². The largest absolute Gasteiger partial charge is 0.478 e. The first-order chi connectivity index (χ1) is 15.9. The van der Waals surface area contributed by atoms with Gasteiger partial charge in [0.15, 0.2) is 0 Å². The van der Waals surface area contributed by atoms with Gasteiger partial charge in [0, 0.05) is 11.3 Å². The highest BCUT2D eigenvalue weighted by atomic mass is 35.5. The van der Waals surface area contributed by atoms with Gasteiger partial charge >= 0.3 is 17.8 Å². The molecule has 10 nitrogen and oxygen atoms in total. The van der Waals surface area contributed by atoms with E-state index in [1.807, 2.05) is 0 Å². The lowest BCUT2D eigenvalue weighted by Crippen LogP contribution is -2.40. The molecule has 3 amide bonds. The summed E-state index contributed by atoms with van der Waals surface area (Å²) in [4.78, 5) is 61.4. The van der Waals surface area contributed by atoms with E-state index in [0.717, 1.165) is 16.2 Å². The molecule has 3 heterocycles. The maximum absolute atomic E-state index is 12.9. The van der Waals surface area contributed by atoms with E-state index in [2.05, 4.69) is 5.32 Å². The lowest BCUT2D eigenvalue weighted by Gasteiger charge is -2.26. The van der Waals surface area contributed by atoms with Crippen molar-refractivity contribution in [1.29, 1.82) is 0 Å². The van der Waals surface area contributed by atoms with Crippen LogP contribution in [-0.2, 0) is 27.4 Å². The Morgan fingerprint density at radius 2 is 1.56 bits per heavy atom. The molecule has 0 saturated heterocycles. The van der Waals surface area contributed by atoms with Crippen molar-refractivity contribution < 1.29 is 38.9 Å². The molecule has 4 rings (SSSR count). The van der Waals surface area contributed by atoms with Crippen LogP contribution in [0.3, 0.4) is 0 Å². The van der Waals surface area contributed by atoms with Crippen molar-refractivity contribution in [3.63, 3.8) is 0 Å². The number of anilines is 1. The summed E-state index contributed by atoms with van der Waals surface area (Å²) in [5.74, 6) is -6.09. The summed E-state index contributed by atoms with van der Waals surface area (Å²) < 4.78 is 5.69. The third kappa shape index (κ3) is 3.92. The second-order valence-electron chi connectivity index (χ2n) is 7.14. The van der Waals surface area contributed by atoms with Gasteiger partial charge < -0.3 is 20.3 Å². The van der Waals surface area contributed by atoms with Crippen LogP contribution >= 0.6 is 57.7 Å². The lowest BCUT2D eigenvalue weighted by atomic mass is 10.0. The van der Waals surface area contributed by atoms with E-state index in [0.29, 0.717) is 10.4 Å². The first-order valence-electron chi connectivity index (χ1n) is 9.19. The predicted molar refractivity (Wildman–Crippen MR) is 122 cm³/mol. The summed E-state index contributed by atoms with van der Waals surface area (Å²) in [5.41, 5.74) is -0.367. The molecular weight excluding hydrogens is 558 g/mol. The molecular formula is C19H10Cl4N2O8S. The van der Waals surface area contributed by atoms with Gasteiger partial charge in [-0.25, -0.2) is 9.59 Å². The first-order valence-corrected chi connectivity index (χ1v) is 11.5. The quantitative estimate of drug-likeness (QED) is 0.218. The molecule has 178 valence electrons. The van der Waals surface area contributed by atoms with E-state index in [1.165, 1.54) is 0 Å². The van der Waals surface area contributed by atoms with Crippen LogP contribution in [0.5, 0.6) is 0 Å². The smallest absolute Gasteiger partial charge is 0.394 e. The Morgan fingerprint density at radius 3 is 2.06 bits per heavy atom. The van der Waals surface area contributed by atoms with Crippen molar-refractivity contribution in [3.05, 3.63) is 47.2 Å². The second kappa shape index (κ2) is 8.99. The molecule has 15 heteroatoms. The SMILES string of the molecule is O=C(O)C(=O)Nc1sc2c(c1C(=O)O)CC(CN1C(=O)c3c(Cl)c(Cl)c(Cl)c(Cl)c3C1=O)OC2. The van der Waals surface area contributed by atoms with Crippen molar-refractivity contribution in [2.45, 2.75) is 19.1 Å². The number of imide groups is 1. The monoisotopic (exact) mass is 566 g/mol. The minimum Gasteiger partial charge on any atom is -0.478 e. The van der Waals surface area contributed by atoms with E-state index in [9.17, 15) is 29.1 Å². The van der Waals surface area contributed by atoms with Crippen LogP contribution in [-0.4, -0.2) is 57.4 Å². The molecule has 0 fully saturated rings. The fraction of sp³-hybridized carbons (Fsp3) is 0.211. The molecule has 3 N–H and O–H groups in total. The molecule has 1 atom stereocenters. The normalized spacial score (nSPS) is 16.9. The number of aromatic carboxylic acids is 1. The molecule has 1 unspecified atom stereocenters. The van der Waals surface area contributed by atoms with Gasteiger partial charge in [0.25, 0.3) is 11.8 Å². The summed E-state index contributed by atoms with van der Waals surface area (Å²) >= 11 is 25.1. The summed E-state index contributed by atoms with van der Waals surface area (Å²) in [6, 6.07) is 0. The number of benzene rings is 1. The molecule has 0 radical (unpaired) electrons. The van der Waals surface area contributed by atoms with Crippen LogP contribution < -0.4 is 5.32 Å². The number of halogens is 4. The Hall–Kier alpha value is -2.41. The summed E-state index contributed by atoms with van der Waals surface area (Å²) in [6.07, 6.45) is -0.846. The van der Waals surface area contributed by atoms with E-state index >= 15 is 0 Å². The molecule has 2 aromatic rings. The third-order valence-corrected chi connectivity index (χ3v) is 8.10. The highest BCUT2D eigenvalue weighted by Crippen LogP contribution is 2.45. The van der Waals surface area contributed by atoms with Crippen molar-refractivity contribution in [3.8, 4) is 0 Å². The number of hydrogen-bond donors (Lipinski definition) is 3. The maximum Gasteiger partial charge on any atom is 0.394 e. The molecule has 0 aliphatic carbocycles. The van der Waals surface area contributed by atoms with Gasteiger partial charge in [-0.3, -0.25) is 19.3 Å². The Balaban J connectivity index is 1.62. The molecule has 0 bridgehead atoms. The van der Waals surface area contributed by atoms with Gasteiger partial charge in [-0.05, 0) is 5.56 Å². The number of thiophene rings is 1. The number of nitrogens with one attached hydrogen (secondary N) is 1. The minimum atomic E-state index is -1.78. The van der Waals surface area contributed by atoms with Crippen LogP contribution in [0.15, 0.2) is 0 Å². The Labute approximate surface area is 213 Å². The van der Waals surface area contributed by atoms with Gasteiger partial charge in [0.05, 0.1) is 56.0 Å². The van der Waals surface area contributed by atoms with Gasteiger partial charge in [0.2, 0.25) is 0 Å². The molecule has 2 aliphatic rings. The minimum absolute atomic E-state index is 0.0349. The number of fused-ring (bicyclic) bond motifs is 2. The van der Waals surface area contributed by atoms with Crippen molar-refractivity contribution >= 4 is 92.4 Å². The van der Waals surface area contributed by atoms with E-state index in [4.69, 9.17) is 56.2 Å². The number of carboxylic acid groups (broad SMARTS) is 2. The fourth-order valence-corrected chi connectivity index (χ4v) is 5.83. The molecule has 0 spiro atoms. The van der Waals surface area contributed by atoms with Gasteiger partial charge in [-0.1, -0.05) is 46.4 Å². The number of nitrogens with zero attached hydrogens (tertiary/aromatic N) is 1. The van der Waals surface area contributed by atoms with Crippen molar-refractivity contribution in [1.82, 2.24) is 4.90 Å². The number of amides is 3. The molecule has 0 saturated carbocycles. The standard InChI is InChI=1S/C19H10Cl4N2O8S/c20-10-8-9(11(21)13(23)12(10)22)17(28)25(16(8)27)2-4-1-5-6(3-33-4)34-15(7(5)18(29)30)24-14(26)19(31)32/h4H,1-3H2,(H,24,26)(H,29,30)(H,31,32). The highest BCUT2D eigenvalue weighted by molar-refractivity contribution is 7.17. The maximum atomic E-state index is 12.9. The molecule has 2 aliphatic heterocycles. The molecule has 1 aromatic carbocycles. The number of carbonyl (C=O) groups excluding carboxylic acids is 3. The van der Waals surface area contributed by atoms with Gasteiger partial charge in [-0.2, -0.15) is 0 Å². The van der Waals surface area contributed by atoms with Crippen LogP contribution in [0.1, 0.15) is 41.5 Å². The Morgan fingerprint density at radius 1 is 1.00 bits per heavy atom. The Bertz CT molecular complexity index is 1280. The van der Waals surface area contributed by atoms with Crippen LogP contribution in [0, 0.1) is 0 Å². The lowest BCUT2D eigenvalue weighted by molar-refractivity contribution is -0.147. The molecule has 1 aromatic heterocycles. The summed E-state index contributed by atoms with van der Waals surface area (Å²) in [7, 11) is 0. The van der Waals surface area contributed by atoms with Crippen molar-refractivity contribution in [2.75, 3.05) is 11.9 Å². The summed E-state index contributed by atoms with van der Waals surface area (Å²) in [5, 5.41) is 19.6. The van der Waals surface area contributed by atoms with Gasteiger partial charge in [-0.15, -0.1) is 11.3 Å². The highest BCUT2D eigenvalue weighted by Gasteiger charge is 2.43. The average molecular weight is 568 g/mol. The second-order valence-corrected chi connectivity index (χ2v) is 9.75. The summed E-state index contributed by atoms with van der Waals surface area (Å²) in [6.45, 7) is -0.352. The zero-order chi connectivity index (χ0) is 25.1. The third-order valence-electron chi connectivity index (χ3n) is 5.18. The van der Waals surface area contributed by atoms with E-state index in [1.54, 1.807) is 0 Å². The number of aliphatic carboxylic acids is 1. The predicted octanol–water partition coefficient (Wildman–Crippen LogP) is 3.82. The molecule has 34 heavy (non-hydrogen) atoms. The van der Waals surface area contributed by atoms with Crippen molar-refractivity contribution in [2.24, 2.45) is 0 Å². The zero-order valence-corrected chi connectivity index (χ0v) is 20.3. The number of rotatable bonds is 4. The fourth-order valence-electron chi connectivity index (χ4n) is 3.68. The van der Waals surface area contributed by atoms with Crippen LogP contribution in [0.2, 0.25) is 20.1 Å². The number of carbonyl (C=O) groups is 5. The number of hydrogen-bond acceptors (Lipinski definition) is 7. The average Bonchev–Trinajstić information content (AvgIpc) is 3.25. The van der Waals surface area contributed by atoms with Crippen LogP contribution in [0.4, 0.5) is 5.00 Å². The van der Waals surface area contributed by atoms with E-state index < -0.39 is 35.8 Å². The number of ether oxygens (including phenoxy) is 1. The number of carboxylic acids is 2. The first kappa shape index (κ1) is 24.7. The topological polar surface area (TPSA) is 150 Å². The zero-order valence-electron chi connectivity index (χ0n) is 16.4. The Kier molecular flexibility index (Phi) is 6.53. The van der Waals surface area contributed by atoms with Gasteiger partial charge in [0.1, 0.15) is 5.00 Å². The van der Waals surface area contributed by atoms with Crippen LogP contribution in [0.25, 0.3) is 0 Å².